The highest BCUT2D eigenvalue weighted by Gasteiger charge is 2.13. The molecule has 0 atom stereocenters. The fourth-order valence-electron chi connectivity index (χ4n) is 2.68. The number of hydrogen-bond acceptors (Lipinski definition) is 7. The number of benzene rings is 1. The quantitative estimate of drug-likeness (QED) is 0.279. The number of nitrogens with zero attached hydrogens (tertiary/aromatic N) is 4. The van der Waals surface area contributed by atoms with Crippen molar-refractivity contribution in [1.82, 2.24) is 20.2 Å². The van der Waals surface area contributed by atoms with E-state index in [2.05, 4.69) is 20.6 Å². The molecule has 0 aliphatic rings. The van der Waals surface area contributed by atoms with Gasteiger partial charge in [0, 0.05) is 18.1 Å². The van der Waals surface area contributed by atoms with Crippen LogP contribution in [0.2, 0.25) is 0 Å². The minimum Gasteiger partial charge on any atom is -0.493 e. The third kappa shape index (κ3) is 5.28. The molecule has 30 heavy (non-hydrogen) atoms. The average molecular weight is 407 g/mol. The van der Waals surface area contributed by atoms with E-state index in [9.17, 15) is 9.59 Å². The first-order chi connectivity index (χ1) is 14.5. The molecule has 9 nitrogen and oxygen atoms in total. The molecule has 0 saturated heterocycles. The van der Waals surface area contributed by atoms with Gasteiger partial charge < -0.3 is 9.47 Å². The molecule has 0 radical (unpaired) electrons. The van der Waals surface area contributed by atoms with Gasteiger partial charge in [0.2, 0.25) is 0 Å². The molecule has 0 fully saturated rings. The fraction of sp³-hybridized carbons (Fsp3) is 0.190. The summed E-state index contributed by atoms with van der Waals surface area (Å²) in [5, 5.41) is 8.19. The molecule has 9 heteroatoms. The number of pyridine rings is 1. The van der Waals surface area contributed by atoms with Crippen molar-refractivity contribution in [3.05, 3.63) is 71.3 Å². The third-order valence-corrected chi connectivity index (χ3v) is 4.09. The van der Waals surface area contributed by atoms with Crippen molar-refractivity contribution < 1.29 is 19.1 Å². The normalized spacial score (nSPS) is 10.8. The highest BCUT2D eigenvalue weighted by atomic mass is 16.6. The van der Waals surface area contributed by atoms with Gasteiger partial charge in [-0.2, -0.15) is 10.2 Å². The number of hydrogen-bond donors (Lipinski definition) is 1. The van der Waals surface area contributed by atoms with Crippen LogP contribution in [0.3, 0.4) is 0 Å². The summed E-state index contributed by atoms with van der Waals surface area (Å²) in [7, 11) is 1.47. The van der Waals surface area contributed by atoms with Crippen molar-refractivity contribution in [3.8, 4) is 11.5 Å². The van der Waals surface area contributed by atoms with E-state index in [-0.39, 0.29) is 18.2 Å². The Morgan fingerprint density at radius 3 is 2.70 bits per heavy atom. The minimum absolute atomic E-state index is 0.0730. The zero-order chi connectivity index (χ0) is 21.5. The van der Waals surface area contributed by atoms with Crippen molar-refractivity contribution in [1.29, 1.82) is 0 Å². The number of aryl methyl sites for hydroxylation is 2. The Hall–Kier alpha value is -4.01. The summed E-state index contributed by atoms with van der Waals surface area (Å²) in [5.74, 6) is -0.229. The van der Waals surface area contributed by atoms with Crippen LogP contribution in [0.4, 0.5) is 0 Å². The lowest BCUT2D eigenvalue weighted by molar-refractivity contribution is -0.121. The van der Waals surface area contributed by atoms with E-state index in [1.54, 1.807) is 41.2 Å². The van der Waals surface area contributed by atoms with Crippen molar-refractivity contribution >= 4 is 18.1 Å². The summed E-state index contributed by atoms with van der Waals surface area (Å²) in [6.07, 6.45) is 4.46. The Kier molecular flexibility index (Phi) is 6.53. The van der Waals surface area contributed by atoms with E-state index in [4.69, 9.17) is 9.47 Å². The minimum atomic E-state index is -0.542. The first kappa shape index (κ1) is 20.7. The van der Waals surface area contributed by atoms with E-state index in [1.807, 2.05) is 19.9 Å². The maximum atomic E-state index is 12.2. The number of methoxy groups -OCH3 is 1. The van der Waals surface area contributed by atoms with E-state index in [0.29, 0.717) is 16.9 Å². The SMILES string of the molecule is COc1cc(/C=N/NC(=O)Cn2nc(C)cc2C)ccc1OC(=O)c1cccnc1. The third-order valence-electron chi connectivity index (χ3n) is 4.09. The molecular weight excluding hydrogens is 386 g/mol. The van der Waals surface area contributed by atoms with Crippen LogP contribution in [0.5, 0.6) is 11.5 Å². The van der Waals surface area contributed by atoms with Gasteiger partial charge in [-0.3, -0.25) is 14.5 Å². The molecule has 1 aromatic carbocycles. The van der Waals surface area contributed by atoms with Crippen molar-refractivity contribution in [3.63, 3.8) is 0 Å². The molecule has 2 heterocycles. The van der Waals surface area contributed by atoms with Gasteiger partial charge in [-0.05, 0) is 55.8 Å². The van der Waals surface area contributed by atoms with E-state index in [0.717, 1.165) is 11.4 Å². The summed E-state index contributed by atoms with van der Waals surface area (Å²) >= 11 is 0. The monoisotopic (exact) mass is 407 g/mol. The Morgan fingerprint density at radius 1 is 1.20 bits per heavy atom. The topological polar surface area (TPSA) is 108 Å². The predicted octanol–water partition coefficient (Wildman–Crippen LogP) is 2.27. The molecule has 0 bridgehead atoms. The summed E-state index contributed by atoms with van der Waals surface area (Å²) in [5.41, 5.74) is 5.18. The molecule has 0 aliphatic carbocycles. The standard InChI is InChI=1S/C21H21N5O4/c1-14-9-15(2)26(25-14)13-20(27)24-23-11-16-6-7-18(19(10-16)29-3)30-21(28)17-5-4-8-22-12-17/h4-12H,13H2,1-3H3,(H,24,27)/b23-11+. The molecule has 3 rings (SSSR count). The molecule has 1 amide bonds. The number of carbonyl (C=O) groups excluding carboxylic acids is 2. The highest BCUT2D eigenvalue weighted by molar-refractivity contribution is 5.91. The molecule has 154 valence electrons. The van der Waals surface area contributed by atoms with Crippen LogP contribution in [-0.2, 0) is 11.3 Å². The van der Waals surface area contributed by atoms with Crippen LogP contribution in [0.1, 0.15) is 27.3 Å². The van der Waals surface area contributed by atoms with Gasteiger partial charge in [0.05, 0.1) is 24.6 Å². The van der Waals surface area contributed by atoms with Gasteiger partial charge in [-0.15, -0.1) is 0 Å². The zero-order valence-electron chi connectivity index (χ0n) is 16.8. The number of amides is 1. The second-order valence-electron chi connectivity index (χ2n) is 6.42. The molecule has 2 aromatic heterocycles. The highest BCUT2D eigenvalue weighted by Crippen LogP contribution is 2.28. The molecule has 0 unspecified atom stereocenters. The van der Waals surface area contributed by atoms with Crippen LogP contribution in [-0.4, -0.2) is 40.0 Å². The second kappa shape index (κ2) is 9.46. The van der Waals surface area contributed by atoms with Gasteiger partial charge in [-0.1, -0.05) is 0 Å². The van der Waals surface area contributed by atoms with Crippen LogP contribution >= 0.6 is 0 Å². The zero-order valence-corrected chi connectivity index (χ0v) is 16.8. The van der Waals surface area contributed by atoms with E-state index in [1.165, 1.54) is 19.5 Å². The van der Waals surface area contributed by atoms with Crippen LogP contribution in [0, 0.1) is 13.8 Å². The maximum Gasteiger partial charge on any atom is 0.345 e. The first-order valence-electron chi connectivity index (χ1n) is 9.09. The average Bonchev–Trinajstić information content (AvgIpc) is 3.06. The number of nitrogens with one attached hydrogen (secondary N) is 1. The maximum absolute atomic E-state index is 12.2. The Bertz CT molecular complexity index is 1080. The van der Waals surface area contributed by atoms with Gasteiger partial charge in [0.1, 0.15) is 6.54 Å². The van der Waals surface area contributed by atoms with Gasteiger partial charge in [-0.25, -0.2) is 10.2 Å². The fourth-order valence-corrected chi connectivity index (χ4v) is 2.68. The molecule has 0 spiro atoms. The molecular formula is C21H21N5O4. The Labute approximate surface area is 173 Å². The first-order valence-corrected chi connectivity index (χ1v) is 9.09. The number of rotatable bonds is 7. The molecule has 1 N–H and O–H groups in total. The van der Waals surface area contributed by atoms with Crippen LogP contribution < -0.4 is 14.9 Å². The Morgan fingerprint density at radius 2 is 2.03 bits per heavy atom. The summed E-state index contributed by atoms with van der Waals surface area (Å²) in [6.45, 7) is 3.82. The number of carbonyl (C=O) groups is 2. The van der Waals surface area contributed by atoms with Gasteiger partial charge >= 0.3 is 5.97 Å². The predicted molar refractivity (Wildman–Crippen MR) is 110 cm³/mol. The number of ether oxygens (including phenoxy) is 2. The summed E-state index contributed by atoms with van der Waals surface area (Å²) < 4.78 is 12.3. The van der Waals surface area contributed by atoms with Crippen LogP contribution in [0.25, 0.3) is 0 Å². The van der Waals surface area contributed by atoms with Crippen LogP contribution in [0.15, 0.2) is 53.9 Å². The van der Waals surface area contributed by atoms with E-state index < -0.39 is 5.97 Å². The van der Waals surface area contributed by atoms with Gasteiger partial charge in [0.15, 0.2) is 11.5 Å². The lowest BCUT2D eigenvalue weighted by atomic mass is 10.2. The summed E-state index contributed by atoms with van der Waals surface area (Å²) in [4.78, 5) is 28.1. The van der Waals surface area contributed by atoms with Crippen molar-refractivity contribution in [2.75, 3.05) is 7.11 Å². The molecule has 0 saturated carbocycles. The number of esters is 1. The molecule has 0 aliphatic heterocycles. The van der Waals surface area contributed by atoms with Gasteiger partial charge in [0.25, 0.3) is 5.91 Å². The smallest absolute Gasteiger partial charge is 0.345 e. The lowest BCUT2D eigenvalue weighted by Gasteiger charge is -2.09. The van der Waals surface area contributed by atoms with Crippen molar-refractivity contribution in [2.24, 2.45) is 5.10 Å². The largest absolute Gasteiger partial charge is 0.493 e. The van der Waals surface area contributed by atoms with E-state index >= 15 is 0 Å². The molecule has 3 aromatic rings. The second-order valence-corrected chi connectivity index (χ2v) is 6.42. The lowest BCUT2D eigenvalue weighted by Crippen LogP contribution is -2.24. The number of aromatic nitrogens is 3. The van der Waals surface area contributed by atoms with Crippen molar-refractivity contribution in [2.45, 2.75) is 20.4 Å². The number of hydrazone groups is 1. The summed E-state index contributed by atoms with van der Waals surface area (Å²) in [6, 6.07) is 10.1. The Balaban J connectivity index is 1.62.